The Hall–Kier alpha value is -1.56. The molecule has 1 atom stereocenters. The fourth-order valence-corrected chi connectivity index (χ4v) is 4.16. The van der Waals surface area contributed by atoms with Crippen molar-refractivity contribution in [1.82, 2.24) is 20.0 Å². The Balaban J connectivity index is 1.58. The van der Waals surface area contributed by atoms with Gasteiger partial charge in [0.1, 0.15) is 0 Å². The SMILES string of the molecule is COCC1CCC(NC(=O)N2CCCCC2c2ccnn2C)CC1. The summed E-state index contributed by atoms with van der Waals surface area (Å²) < 4.78 is 7.15. The molecule has 2 fully saturated rings. The monoisotopic (exact) mass is 334 g/mol. The van der Waals surface area contributed by atoms with E-state index >= 15 is 0 Å². The van der Waals surface area contributed by atoms with Gasteiger partial charge in [-0.15, -0.1) is 0 Å². The van der Waals surface area contributed by atoms with Gasteiger partial charge >= 0.3 is 6.03 Å². The number of rotatable bonds is 4. The van der Waals surface area contributed by atoms with E-state index < -0.39 is 0 Å². The number of carbonyl (C=O) groups excluding carboxylic acids is 1. The highest BCUT2D eigenvalue weighted by Gasteiger charge is 2.31. The van der Waals surface area contributed by atoms with Gasteiger partial charge in [-0.1, -0.05) is 0 Å². The second-order valence-electron chi connectivity index (χ2n) is 7.21. The summed E-state index contributed by atoms with van der Waals surface area (Å²) in [4.78, 5) is 14.9. The number of hydrogen-bond acceptors (Lipinski definition) is 3. The summed E-state index contributed by atoms with van der Waals surface area (Å²) in [7, 11) is 3.72. The van der Waals surface area contributed by atoms with Gasteiger partial charge in [0.05, 0.1) is 11.7 Å². The number of hydrogen-bond donors (Lipinski definition) is 1. The van der Waals surface area contributed by atoms with E-state index in [1.807, 2.05) is 28.9 Å². The smallest absolute Gasteiger partial charge is 0.318 e. The van der Waals surface area contributed by atoms with E-state index in [1.54, 1.807) is 7.11 Å². The van der Waals surface area contributed by atoms with Gasteiger partial charge < -0.3 is 15.0 Å². The predicted octanol–water partition coefficient (Wildman–Crippen LogP) is 2.86. The summed E-state index contributed by atoms with van der Waals surface area (Å²) in [6.45, 7) is 1.68. The second kappa shape index (κ2) is 8.01. The number of likely N-dealkylation sites (tertiary alicyclic amines) is 1. The maximum Gasteiger partial charge on any atom is 0.318 e. The van der Waals surface area contributed by atoms with Crippen LogP contribution in [0.4, 0.5) is 4.79 Å². The summed E-state index contributed by atoms with van der Waals surface area (Å²) in [5, 5.41) is 7.55. The van der Waals surface area contributed by atoms with E-state index in [0.717, 1.165) is 57.4 Å². The molecule has 0 bridgehead atoms. The van der Waals surface area contributed by atoms with Crippen molar-refractivity contribution in [2.45, 2.75) is 57.0 Å². The van der Waals surface area contributed by atoms with Crippen molar-refractivity contribution < 1.29 is 9.53 Å². The molecule has 2 aliphatic rings. The molecule has 1 aliphatic heterocycles. The molecule has 0 radical (unpaired) electrons. The summed E-state index contributed by atoms with van der Waals surface area (Å²) in [5.74, 6) is 0.653. The standard InChI is InChI=1S/C18H30N4O2/c1-21-16(10-11-19-21)17-5-3-4-12-22(17)18(23)20-15-8-6-14(7-9-15)13-24-2/h10-11,14-15,17H,3-9,12-13H2,1-2H3,(H,20,23). The Morgan fingerprint density at radius 3 is 2.75 bits per heavy atom. The minimum absolute atomic E-state index is 0.0936. The van der Waals surface area contributed by atoms with E-state index in [1.165, 1.54) is 6.42 Å². The zero-order chi connectivity index (χ0) is 16.9. The zero-order valence-electron chi connectivity index (χ0n) is 14.9. The molecule has 24 heavy (non-hydrogen) atoms. The van der Waals surface area contributed by atoms with Crippen LogP contribution < -0.4 is 5.32 Å². The zero-order valence-corrected chi connectivity index (χ0v) is 14.9. The highest BCUT2D eigenvalue weighted by atomic mass is 16.5. The molecule has 134 valence electrons. The quantitative estimate of drug-likeness (QED) is 0.921. The largest absolute Gasteiger partial charge is 0.384 e. The number of ether oxygens (including phenoxy) is 1. The molecule has 1 saturated carbocycles. The number of nitrogens with zero attached hydrogens (tertiary/aromatic N) is 3. The first-order valence-corrected chi connectivity index (χ1v) is 9.23. The van der Waals surface area contributed by atoms with Crippen molar-refractivity contribution in [3.05, 3.63) is 18.0 Å². The lowest BCUT2D eigenvalue weighted by atomic mass is 9.86. The van der Waals surface area contributed by atoms with Crippen LogP contribution >= 0.6 is 0 Å². The Kier molecular flexibility index (Phi) is 5.76. The molecule has 1 unspecified atom stereocenters. The van der Waals surface area contributed by atoms with Gasteiger partial charge in [-0.05, 0) is 56.9 Å². The van der Waals surface area contributed by atoms with Gasteiger partial charge in [0.15, 0.2) is 0 Å². The van der Waals surface area contributed by atoms with Crippen LogP contribution in [-0.4, -0.2) is 47.0 Å². The maximum atomic E-state index is 12.9. The Morgan fingerprint density at radius 1 is 1.29 bits per heavy atom. The van der Waals surface area contributed by atoms with Crippen molar-refractivity contribution in [3.63, 3.8) is 0 Å². The number of amides is 2. The maximum absolute atomic E-state index is 12.9. The van der Waals surface area contributed by atoms with Crippen LogP contribution in [0.1, 0.15) is 56.7 Å². The highest BCUT2D eigenvalue weighted by molar-refractivity contribution is 5.75. The number of urea groups is 1. The molecule has 1 N–H and O–H groups in total. The first-order valence-electron chi connectivity index (χ1n) is 9.23. The third-order valence-corrected chi connectivity index (χ3v) is 5.54. The lowest BCUT2D eigenvalue weighted by Gasteiger charge is -2.37. The second-order valence-corrected chi connectivity index (χ2v) is 7.21. The fraction of sp³-hybridized carbons (Fsp3) is 0.778. The van der Waals surface area contributed by atoms with E-state index in [0.29, 0.717) is 12.0 Å². The number of nitrogens with one attached hydrogen (secondary N) is 1. The van der Waals surface area contributed by atoms with E-state index in [-0.39, 0.29) is 12.1 Å². The van der Waals surface area contributed by atoms with Gasteiger partial charge in [-0.2, -0.15) is 5.10 Å². The van der Waals surface area contributed by atoms with E-state index in [4.69, 9.17) is 4.74 Å². The predicted molar refractivity (Wildman–Crippen MR) is 92.7 cm³/mol. The Labute approximate surface area is 144 Å². The first-order chi connectivity index (χ1) is 11.7. The topological polar surface area (TPSA) is 59.4 Å². The lowest BCUT2D eigenvalue weighted by Crippen LogP contribution is -2.49. The number of methoxy groups -OCH3 is 1. The number of carbonyl (C=O) groups is 1. The fourth-order valence-electron chi connectivity index (χ4n) is 4.16. The van der Waals surface area contributed by atoms with Crippen LogP contribution in [0.2, 0.25) is 0 Å². The van der Waals surface area contributed by atoms with Crippen molar-refractivity contribution in [1.29, 1.82) is 0 Å². The highest BCUT2D eigenvalue weighted by Crippen LogP contribution is 2.31. The number of piperidine rings is 1. The molecule has 0 aromatic carbocycles. The van der Waals surface area contributed by atoms with Crippen LogP contribution in [-0.2, 0) is 11.8 Å². The van der Waals surface area contributed by atoms with Crippen LogP contribution in [0.15, 0.2) is 12.3 Å². The van der Waals surface area contributed by atoms with E-state index in [2.05, 4.69) is 10.4 Å². The van der Waals surface area contributed by atoms with Crippen molar-refractivity contribution >= 4 is 6.03 Å². The molecular formula is C18H30N4O2. The summed E-state index contributed by atoms with van der Waals surface area (Å²) in [5.41, 5.74) is 1.13. The van der Waals surface area contributed by atoms with Crippen molar-refractivity contribution in [2.24, 2.45) is 13.0 Å². The van der Waals surface area contributed by atoms with Gasteiger partial charge in [0.25, 0.3) is 0 Å². The normalized spacial score (nSPS) is 27.9. The van der Waals surface area contributed by atoms with Crippen molar-refractivity contribution in [2.75, 3.05) is 20.3 Å². The van der Waals surface area contributed by atoms with Crippen molar-refractivity contribution in [3.8, 4) is 0 Å². The minimum Gasteiger partial charge on any atom is -0.384 e. The van der Waals surface area contributed by atoms with Gasteiger partial charge in [0.2, 0.25) is 0 Å². The van der Waals surface area contributed by atoms with Crippen LogP contribution in [0.3, 0.4) is 0 Å². The molecule has 1 saturated heterocycles. The number of aryl methyl sites for hydroxylation is 1. The Morgan fingerprint density at radius 2 is 2.08 bits per heavy atom. The number of aromatic nitrogens is 2. The molecule has 2 amide bonds. The average Bonchev–Trinajstić information content (AvgIpc) is 3.03. The van der Waals surface area contributed by atoms with Crippen LogP contribution in [0, 0.1) is 5.92 Å². The van der Waals surface area contributed by atoms with Gasteiger partial charge in [0, 0.05) is 39.5 Å². The lowest BCUT2D eigenvalue weighted by molar-refractivity contribution is 0.118. The molecule has 6 heteroatoms. The summed E-state index contributed by atoms with van der Waals surface area (Å²) in [6, 6.07) is 2.58. The van der Waals surface area contributed by atoms with E-state index in [9.17, 15) is 4.79 Å². The van der Waals surface area contributed by atoms with Gasteiger partial charge in [-0.25, -0.2) is 4.79 Å². The average molecular weight is 334 g/mol. The first kappa shape index (κ1) is 17.3. The molecule has 1 aromatic rings. The molecular weight excluding hydrogens is 304 g/mol. The van der Waals surface area contributed by atoms with Gasteiger partial charge in [-0.3, -0.25) is 4.68 Å². The third kappa shape index (κ3) is 3.91. The molecule has 3 rings (SSSR count). The third-order valence-electron chi connectivity index (χ3n) is 5.54. The summed E-state index contributed by atoms with van der Waals surface area (Å²) in [6.07, 6.45) is 9.50. The van der Waals surface area contributed by atoms with Crippen LogP contribution in [0.25, 0.3) is 0 Å². The Bertz CT molecular complexity index is 537. The molecule has 6 nitrogen and oxygen atoms in total. The summed E-state index contributed by atoms with van der Waals surface area (Å²) >= 11 is 0. The molecule has 2 heterocycles. The molecule has 1 aliphatic carbocycles. The minimum atomic E-state index is 0.0936. The molecule has 1 aromatic heterocycles. The van der Waals surface area contributed by atoms with Crippen LogP contribution in [0.5, 0.6) is 0 Å². The molecule has 0 spiro atoms.